The number of esters is 1. The first-order valence-electron chi connectivity index (χ1n) is 9.17. The molecule has 1 amide bonds. The highest BCUT2D eigenvalue weighted by atomic mass is 19.1. The molecule has 0 fully saturated rings. The molecule has 0 aliphatic rings. The number of hydrogen-bond acceptors (Lipinski definition) is 8. The molecule has 0 bridgehead atoms. The summed E-state index contributed by atoms with van der Waals surface area (Å²) in [5, 5.41) is 17.7. The predicted octanol–water partition coefficient (Wildman–Crippen LogP) is 0.718. The summed E-state index contributed by atoms with van der Waals surface area (Å²) < 4.78 is 21.4. The zero-order chi connectivity index (χ0) is 21.5. The molecular formula is C18H21FN8O3. The molecule has 3 aromatic heterocycles. The number of rotatable bonds is 9. The fourth-order valence-electron chi connectivity index (χ4n) is 2.62. The van der Waals surface area contributed by atoms with Gasteiger partial charge in [-0.2, -0.15) is 0 Å². The number of aryl methyl sites for hydroxylation is 2. The van der Waals surface area contributed by atoms with Crippen molar-refractivity contribution in [1.29, 1.82) is 0 Å². The molecule has 11 nitrogen and oxygen atoms in total. The van der Waals surface area contributed by atoms with Gasteiger partial charge in [-0.25, -0.2) is 13.9 Å². The van der Waals surface area contributed by atoms with Crippen molar-refractivity contribution in [2.45, 2.75) is 39.2 Å². The van der Waals surface area contributed by atoms with E-state index >= 15 is 0 Å². The van der Waals surface area contributed by atoms with E-state index < -0.39 is 18.0 Å². The maximum absolute atomic E-state index is 14.3. The second-order valence-corrected chi connectivity index (χ2v) is 6.58. The van der Waals surface area contributed by atoms with E-state index in [1.54, 1.807) is 6.20 Å². The molecule has 0 radical (unpaired) electrons. The van der Waals surface area contributed by atoms with Crippen LogP contribution in [0, 0.1) is 6.92 Å². The molecule has 3 rings (SSSR count). The van der Waals surface area contributed by atoms with Gasteiger partial charge in [-0.05, 0) is 24.6 Å². The third-order valence-corrected chi connectivity index (χ3v) is 4.16. The molecule has 1 unspecified atom stereocenters. The molecule has 0 aromatic carbocycles. The Bertz CT molecular complexity index is 1020. The molecule has 0 aliphatic carbocycles. The highest BCUT2D eigenvalue weighted by Gasteiger charge is 2.15. The summed E-state index contributed by atoms with van der Waals surface area (Å²) in [6.45, 7) is 2.34. The number of carbonyl (C=O) groups is 2. The SMILES string of the molecule is COC(=O)c1cn(CCC(F)Cn2cc(C(=O)NCc3cc(C)ccn3)nn2)nn1. The van der Waals surface area contributed by atoms with Gasteiger partial charge in [0.05, 0.1) is 38.3 Å². The minimum atomic E-state index is -1.26. The molecule has 3 aromatic rings. The number of amides is 1. The third-order valence-electron chi connectivity index (χ3n) is 4.16. The standard InChI is InChI=1S/C18H21FN8O3/c1-12-3-5-20-14(7-12)8-21-17(28)15-10-27(25-22-15)9-13(19)4-6-26-11-16(23-24-26)18(29)30-2/h3,5,7,10-11,13H,4,6,8-9H2,1-2H3,(H,21,28). The van der Waals surface area contributed by atoms with Crippen LogP contribution in [0.3, 0.4) is 0 Å². The van der Waals surface area contributed by atoms with E-state index in [0.717, 1.165) is 11.3 Å². The Kier molecular flexibility index (Phi) is 6.78. The van der Waals surface area contributed by atoms with Crippen LogP contribution < -0.4 is 5.32 Å². The van der Waals surface area contributed by atoms with Crippen LogP contribution in [0.1, 0.15) is 38.7 Å². The first kappa shape index (κ1) is 21.0. The van der Waals surface area contributed by atoms with Crippen molar-refractivity contribution in [2.75, 3.05) is 7.11 Å². The lowest BCUT2D eigenvalue weighted by molar-refractivity contribution is 0.0593. The van der Waals surface area contributed by atoms with Gasteiger partial charge in [-0.1, -0.05) is 10.4 Å². The highest BCUT2D eigenvalue weighted by Crippen LogP contribution is 2.06. The van der Waals surface area contributed by atoms with E-state index in [1.165, 1.54) is 28.9 Å². The van der Waals surface area contributed by atoms with Crippen LogP contribution in [0.2, 0.25) is 0 Å². The van der Waals surface area contributed by atoms with E-state index in [-0.39, 0.29) is 37.4 Å². The summed E-state index contributed by atoms with van der Waals surface area (Å²) in [5.74, 6) is -1.03. The summed E-state index contributed by atoms with van der Waals surface area (Å²) >= 11 is 0. The van der Waals surface area contributed by atoms with Crippen LogP contribution in [0.25, 0.3) is 0 Å². The number of nitrogens with zero attached hydrogens (tertiary/aromatic N) is 7. The average molecular weight is 416 g/mol. The second-order valence-electron chi connectivity index (χ2n) is 6.58. The topological polar surface area (TPSA) is 130 Å². The number of pyridine rings is 1. The van der Waals surface area contributed by atoms with Crippen LogP contribution in [-0.4, -0.2) is 60.1 Å². The van der Waals surface area contributed by atoms with Gasteiger partial charge < -0.3 is 10.1 Å². The second kappa shape index (κ2) is 9.67. The number of nitrogens with one attached hydrogen (secondary N) is 1. The van der Waals surface area contributed by atoms with E-state index in [0.29, 0.717) is 0 Å². The van der Waals surface area contributed by atoms with Crippen LogP contribution in [0.15, 0.2) is 30.7 Å². The predicted molar refractivity (Wildman–Crippen MR) is 101 cm³/mol. The number of aromatic nitrogens is 7. The Labute approximate surface area is 171 Å². The minimum absolute atomic E-state index is 0.0562. The van der Waals surface area contributed by atoms with Gasteiger partial charge in [-0.15, -0.1) is 10.2 Å². The Balaban J connectivity index is 1.46. The monoisotopic (exact) mass is 416 g/mol. The smallest absolute Gasteiger partial charge is 0.360 e. The van der Waals surface area contributed by atoms with Gasteiger partial charge in [0.15, 0.2) is 11.4 Å². The molecule has 1 atom stereocenters. The van der Waals surface area contributed by atoms with Gasteiger partial charge >= 0.3 is 5.97 Å². The van der Waals surface area contributed by atoms with E-state index in [9.17, 15) is 14.0 Å². The lowest BCUT2D eigenvalue weighted by Gasteiger charge is -2.07. The molecule has 30 heavy (non-hydrogen) atoms. The van der Waals surface area contributed by atoms with Gasteiger partial charge in [-0.3, -0.25) is 14.5 Å². The molecule has 0 saturated heterocycles. The summed E-state index contributed by atoms with van der Waals surface area (Å²) in [7, 11) is 1.24. The maximum atomic E-state index is 14.3. The summed E-state index contributed by atoms with van der Waals surface area (Å²) in [6, 6.07) is 3.74. The number of alkyl halides is 1. The van der Waals surface area contributed by atoms with Crippen LogP contribution in [0.5, 0.6) is 0 Å². The fourth-order valence-corrected chi connectivity index (χ4v) is 2.62. The van der Waals surface area contributed by atoms with Crippen LogP contribution >= 0.6 is 0 Å². The average Bonchev–Trinajstić information content (AvgIpc) is 3.40. The van der Waals surface area contributed by atoms with Crippen molar-refractivity contribution in [3.05, 3.63) is 53.4 Å². The third kappa shape index (κ3) is 5.65. The summed E-state index contributed by atoms with van der Waals surface area (Å²) in [4.78, 5) is 27.7. The van der Waals surface area contributed by atoms with Crippen molar-refractivity contribution >= 4 is 11.9 Å². The molecule has 0 saturated carbocycles. The summed E-state index contributed by atoms with van der Waals surface area (Å²) in [5.41, 5.74) is 1.92. The van der Waals surface area contributed by atoms with Crippen molar-refractivity contribution in [3.63, 3.8) is 0 Å². The lowest BCUT2D eigenvalue weighted by atomic mass is 10.2. The molecule has 0 spiro atoms. The first-order valence-corrected chi connectivity index (χ1v) is 9.17. The summed E-state index contributed by atoms with van der Waals surface area (Å²) in [6.07, 6.45) is 3.30. The van der Waals surface area contributed by atoms with E-state index in [4.69, 9.17) is 0 Å². The van der Waals surface area contributed by atoms with Crippen molar-refractivity contribution in [1.82, 2.24) is 40.3 Å². The number of carbonyl (C=O) groups excluding carboxylic acids is 2. The van der Waals surface area contributed by atoms with Crippen molar-refractivity contribution < 1.29 is 18.7 Å². The van der Waals surface area contributed by atoms with Crippen LogP contribution in [0.4, 0.5) is 4.39 Å². The molecular weight excluding hydrogens is 395 g/mol. The van der Waals surface area contributed by atoms with Gasteiger partial charge in [0.2, 0.25) is 0 Å². The normalized spacial score (nSPS) is 11.8. The van der Waals surface area contributed by atoms with Gasteiger partial charge in [0.1, 0.15) is 6.17 Å². The first-order chi connectivity index (χ1) is 14.4. The zero-order valence-corrected chi connectivity index (χ0v) is 16.5. The largest absolute Gasteiger partial charge is 0.464 e. The van der Waals surface area contributed by atoms with Crippen molar-refractivity contribution in [3.8, 4) is 0 Å². The molecule has 12 heteroatoms. The van der Waals surface area contributed by atoms with E-state index in [2.05, 4.69) is 35.7 Å². The fraction of sp³-hybridized carbons (Fsp3) is 0.389. The Morgan fingerprint density at radius 1 is 1.20 bits per heavy atom. The zero-order valence-electron chi connectivity index (χ0n) is 16.5. The van der Waals surface area contributed by atoms with Gasteiger partial charge in [0.25, 0.3) is 5.91 Å². The Hall–Kier alpha value is -3.70. The highest BCUT2D eigenvalue weighted by molar-refractivity contribution is 5.91. The quantitative estimate of drug-likeness (QED) is 0.505. The molecule has 3 heterocycles. The molecule has 1 N–H and O–H groups in total. The number of ether oxygens (including phenoxy) is 1. The molecule has 0 aliphatic heterocycles. The Morgan fingerprint density at radius 2 is 1.93 bits per heavy atom. The molecule has 158 valence electrons. The minimum Gasteiger partial charge on any atom is -0.464 e. The number of halogens is 1. The van der Waals surface area contributed by atoms with Gasteiger partial charge in [0, 0.05) is 19.2 Å². The number of hydrogen-bond donors (Lipinski definition) is 1. The van der Waals surface area contributed by atoms with Crippen LogP contribution in [-0.2, 0) is 24.4 Å². The maximum Gasteiger partial charge on any atom is 0.360 e. The Morgan fingerprint density at radius 3 is 2.70 bits per heavy atom. The van der Waals surface area contributed by atoms with E-state index in [1.807, 2.05) is 19.1 Å². The van der Waals surface area contributed by atoms with Crippen molar-refractivity contribution in [2.24, 2.45) is 0 Å². The number of methoxy groups -OCH3 is 1. The lowest BCUT2D eigenvalue weighted by Crippen LogP contribution is -2.23.